The molecule has 0 saturated heterocycles. The van der Waals surface area contributed by atoms with E-state index in [2.05, 4.69) is 11.1 Å². The molecule has 1 aromatic heterocycles. The Morgan fingerprint density at radius 1 is 1.44 bits per heavy atom. The average molecular weight is 212 g/mol. The standard InChI is InChI=1S/C13H12N2O/c1-16-9-2-3-12-10(6-9)11(7-15-12)13(8-14)4-5-13/h2-3,6-7,15H,4-5H2,1H3. The predicted molar refractivity (Wildman–Crippen MR) is 61.4 cm³/mol. The molecule has 0 aliphatic heterocycles. The number of fused-ring (bicyclic) bond motifs is 1. The summed E-state index contributed by atoms with van der Waals surface area (Å²) >= 11 is 0. The van der Waals surface area contributed by atoms with Gasteiger partial charge in [-0.15, -0.1) is 0 Å². The first-order chi connectivity index (χ1) is 7.79. The van der Waals surface area contributed by atoms with Crippen LogP contribution >= 0.6 is 0 Å². The van der Waals surface area contributed by atoms with Crippen molar-refractivity contribution in [2.45, 2.75) is 18.3 Å². The molecule has 0 spiro atoms. The molecule has 0 unspecified atom stereocenters. The molecule has 1 aliphatic rings. The summed E-state index contributed by atoms with van der Waals surface area (Å²) in [6.45, 7) is 0. The fraction of sp³-hybridized carbons (Fsp3) is 0.308. The van der Waals surface area contributed by atoms with E-state index in [0.717, 1.165) is 35.1 Å². The van der Waals surface area contributed by atoms with Gasteiger partial charge in [-0.2, -0.15) is 5.26 Å². The Balaban J connectivity index is 2.23. The number of hydrogen-bond donors (Lipinski definition) is 1. The largest absolute Gasteiger partial charge is 0.497 e. The Morgan fingerprint density at radius 2 is 2.25 bits per heavy atom. The summed E-state index contributed by atoms with van der Waals surface area (Å²) in [6, 6.07) is 8.34. The maximum Gasteiger partial charge on any atom is 0.119 e. The second kappa shape index (κ2) is 3.02. The predicted octanol–water partition coefficient (Wildman–Crippen LogP) is 2.73. The highest BCUT2D eigenvalue weighted by atomic mass is 16.5. The highest BCUT2D eigenvalue weighted by molar-refractivity contribution is 5.86. The van der Waals surface area contributed by atoms with Crippen molar-refractivity contribution in [2.24, 2.45) is 0 Å². The number of nitrogens with one attached hydrogen (secondary N) is 1. The Kier molecular flexibility index (Phi) is 1.75. The molecule has 0 bridgehead atoms. The number of aromatic amines is 1. The molecule has 16 heavy (non-hydrogen) atoms. The molecule has 1 saturated carbocycles. The summed E-state index contributed by atoms with van der Waals surface area (Å²) < 4.78 is 5.22. The Labute approximate surface area is 93.6 Å². The van der Waals surface area contributed by atoms with Crippen molar-refractivity contribution in [1.82, 2.24) is 4.98 Å². The highest BCUT2D eigenvalue weighted by Gasteiger charge is 2.46. The Bertz CT molecular complexity index is 587. The van der Waals surface area contributed by atoms with Gasteiger partial charge in [0.1, 0.15) is 5.75 Å². The molecular weight excluding hydrogens is 200 g/mol. The molecule has 1 heterocycles. The van der Waals surface area contributed by atoms with Gasteiger partial charge >= 0.3 is 0 Å². The van der Waals surface area contributed by atoms with E-state index in [1.807, 2.05) is 24.4 Å². The number of methoxy groups -OCH3 is 1. The van der Waals surface area contributed by atoms with Crippen LogP contribution in [-0.4, -0.2) is 12.1 Å². The van der Waals surface area contributed by atoms with Crippen LogP contribution < -0.4 is 4.74 Å². The van der Waals surface area contributed by atoms with Crippen molar-refractivity contribution in [3.63, 3.8) is 0 Å². The molecule has 3 heteroatoms. The summed E-state index contributed by atoms with van der Waals surface area (Å²) in [4.78, 5) is 3.21. The van der Waals surface area contributed by atoms with E-state index in [1.54, 1.807) is 7.11 Å². The normalized spacial score (nSPS) is 17.0. The van der Waals surface area contributed by atoms with Crippen LogP contribution in [0.4, 0.5) is 0 Å². The fourth-order valence-electron chi connectivity index (χ4n) is 2.19. The zero-order valence-corrected chi connectivity index (χ0v) is 9.08. The van der Waals surface area contributed by atoms with Crippen molar-refractivity contribution in [1.29, 1.82) is 5.26 Å². The molecular formula is C13H12N2O. The van der Waals surface area contributed by atoms with Gasteiger partial charge in [0.2, 0.25) is 0 Å². The van der Waals surface area contributed by atoms with Gasteiger partial charge in [0.05, 0.1) is 18.6 Å². The maximum absolute atomic E-state index is 9.22. The molecule has 1 aliphatic carbocycles. The van der Waals surface area contributed by atoms with Crippen LogP contribution in [0.3, 0.4) is 0 Å². The third kappa shape index (κ3) is 1.13. The lowest BCUT2D eigenvalue weighted by Gasteiger charge is -2.04. The van der Waals surface area contributed by atoms with E-state index in [-0.39, 0.29) is 5.41 Å². The van der Waals surface area contributed by atoms with E-state index in [0.29, 0.717) is 0 Å². The molecule has 0 atom stereocenters. The summed E-state index contributed by atoms with van der Waals surface area (Å²) in [5.74, 6) is 0.835. The van der Waals surface area contributed by atoms with Gasteiger partial charge in [-0.3, -0.25) is 0 Å². The first-order valence-electron chi connectivity index (χ1n) is 5.36. The molecule has 1 fully saturated rings. The van der Waals surface area contributed by atoms with E-state index >= 15 is 0 Å². The number of benzene rings is 1. The first kappa shape index (κ1) is 9.29. The second-order valence-electron chi connectivity index (χ2n) is 4.31. The molecule has 3 nitrogen and oxygen atoms in total. The van der Waals surface area contributed by atoms with Gasteiger partial charge in [-0.1, -0.05) is 0 Å². The number of rotatable bonds is 2. The van der Waals surface area contributed by atoms with E-state index < -0.39 is 0 Å². The van der Waals surface area contributed by atoms with Crippen LogP contribution in [0, 0.1) is 11.3 Å². The number of hydrogen-bond acceptors (Lipinski definition) is 2. The van der Waals surface area contributed by atoms with Crippen LogP contribution in [-0.2, 0) is 5.41 Å². The summed E-state index contributed by atoms with van der Waals surface area (Å²) in [5, 5.41) is 10.3. The molecule has 0 amide bonds. The number of ether oxygens (including phenoxy) is 1. The zero-order valence-electron chi connectivity index (χ0n) is 9.08. The van der Waals surface area contributed by atoms with Crippen molar-refractivity contribution in [2.75, 3.05) is 7.11 Å². The first-order valence-corrected chi connectivity index (χ1v) is 5.36. The van der Waals surface area contributed by atoms with Crippen LogP contribution in [0.2, 0.25) is 0 Å². The lowest BCUT2D eigenvalue weighted by molar-refractivity contribution is 0.415. The van der Waals surface area contributed by atoms with Crippen LogP contribution in [0.5, 0.6) is 5.75 Å². The SMILES string of the molecule is COc1ccc2[nH]cc(C3(C#N)CC3)c2c1. The van der Waals surface area contributed by atoms with Crippen molar-refractivity contribution in [3.05, 3.63) is 30.0 Å². The molecule has 1 N–H and O–H groups in total. The number of nitriles is 1. The molecule has 3 rings (SSSR count). The minimum Gasteiger partial charge on any atom is -0.497 e. The molecule has 2 aromatic rings. The van der Waals surface area contributed by atoms with Crippen molar-refractivity contribution >= 4 is 10.9 Å². The number of aromatic nitrogens is 1. The van der Waals surface area contributed by atoms with Gasteiger partial charge < -0.3 is 9.72 Å². The molecule has 0 radical (unpaired) electrons. The summed E-state index contributed by atoms with van der Waals surface area (Å²) in [5.41, 5.74) is 1.94. The lowest BCUT2D eigenvalue weighted by atomic mass is 9.97. The summed E-state index contributed by atoms with van der Waals surface area (Å²) in [7, 11) is 1.66. The van der Waals surface area contributed by atoms with Crippen LogP contribution in [0.25, 0.3) is 10.9 Å². The van der Waals surface area contributed by atoms with Gasteiger partial charge in [0, 0.05) is 17.1 Å². The third-order valence-electron chi connectivity index (χ3n) is 3.37. The zero-order chi connectivity index (χ0) is 11.2. The Hall–Kier alpha value is -1.95. The topological polar surface area (TPSA) is 48.8 Å². The van der Waals surface area contributed by atoms with Gasteiger partial charge in [0.15, 0.2) is 0 Å². The lowest BCUT2D eigenvalue weighted by Crippen LogP contribution is -2.00. The number of nitrogens with zero attached hydrogens (tertiary/aromatic N) is 1. The highest BCUT2D eigenvalue weighted by Crippen LogP contribution is 2.50. The van der Waals surface area contributed by atoms with Crippen LogP contribution in [0.15, 0.2) is 24.4 Å². The Morgan fingerprint density at radius 3 is 2.88 bits per heavy atom. The summed E-state index contributed by atoms with van der Waals surface area (Å²) in [6.07, 6.45) is 3.89. The van der Waals surface area contributed by atoms with E-state index in [9.17, 15) is 5.26 Å². The smallest absolute Gasteiger partial charge is 0.119 e. The molecule has 1 aromatic carbocycles. The van der Waals surface area contributed by atoms with E-state index in [4.69, 9.17) is 4.74 Å². The monoisotopic (exact) mass is 212 g/mol. The average Bonchev–Trinajstić information content (AvgIpc) is 3.02. The van der Waals surface area contributed by atoms with Gasteiger partial charge in [0.25, 0.3) is 0 Å². The quantitative estimate of drug-likeness (QED) is 0.832. The van der Waals surface area contributed by atoms with Gasteiger partial charge in [-0.25, -0.2) is 0 Å². The third-order valence-corrected chi connectivity index (χ3v) is 3.37. The number of H-pyrrole nitrogens is 1. The minimum atomic E-state index is -0.245. The van der Waals surface area contributed by atoms with Crippen LogP contribution in [0.1, 0.15) is 18.4 Å². The fourth-order valence-corrected chi connectivity index (χ4v) is 2.19. The minimum absolute atomic E-state index is 0.245. The van der Waals surface area contributed by atoms with E-state index in [1.165, 1.54) is 0 Å². The van der Waals surface area contributed by atoms with Gasteiger partial charge in [-0.05, 0) is 36.6 Å². The second-order valence-corrected chi connectivity index (χ2v) is 4.31. The maximum atomic E-state index is 9.22. The van der Waals surface area contributed by atoms with Crippen molar-refractivity contribution < 1.29 is 4.74 Å². The molecule has 80 valence electrons. The van der Waals surface area contributed by atoms with Crippen molar-refractivity contribution in [3.8, 4) is 11.8 Å².